The lowest BCUT2D eigenvalue weighted by molar-refractivity contribution is -0.145. The summed E-state index contributed by atoms with van der Waals surface area (Å²) in [4.78, 5) is 10.8. The number of aliphatic hydroxyl groups is 1. The van der Waals surface area contributed by atoms with E-state index in [-0.39, 0.29) is 6.79 Å². The van der Waals surface area contributed by atoms with Crippen molar-refractivity contribution in [1.82, 2.24) is 0 Å². The van der Waals surface area contributed by atoms with Crippen molar-refractivity contribution in [2.24, 2.45) is 5.73 Å². The molecule has 0 saturated heterocycles. The third-order valence-electron chi connectivity index (χ3n) is 2.83. The van der Waals surface area contributed by atoms with Gasteiger partial charge in [-0.05, 0) is 24.6 Å². The highest BCUT2D eigenvalue weighted by Gasteiger charge is 2.37. The lowest BCUT2D eigenvalue weighted by Gasteiger charge is -2.27. The van der Waals surface area contributed by atoms with Crippen molar-refractivity contribution in [3.8, 4) is 11.5 Å². The van der Waals surface area contributed by atoms with Gasteiger partial charge in [0.25, 0.3) is 0 Å². The van der Waals surface area contributed by atoms with E-state index in [4.69, 9.17) is 20.3 Å². The average Bonchev–Trinajstić information content (AvgIpc) is 2.74. The van der Waals surface area contributed by atoms with Gasteiger partial charge in [0.05, 0.1) is 0 Å². The van der Waals surface area contributed by atoms with Gasteiger partial charge in [-0.1, -0.05) is 6.07 Å². The van der Waals surface area contributed by atoms with Crippen LogP contribution in [-0.4, -0.2) is 29.0 Å². The molecule has 0 radical (unpaired) electrons. The van der Waals surface area contributed by atoms with Crippen LogP contribution < -0.4 is 15.2 Å². The number of carbonyl (C=O) groups is 1. The molecule has 6 heteroatoms. The first-order valence-electron chi connectivity index (χ1n) is 5.04. The minimum atomic E-state index is -1.67. The topological polar surface area (TPSA) is 102 Å². The van der Waals surface area contributed by atoms with Crippen LogP contribution in [0.4, 0.5) is 0 Å². The van der Waals surface area contributed by atoms with E-state index >= 15 is 0 Å². The van der Waals surface area contributed by atoms with Gasteiger partial charge in [-0.2, -0.15) is 0 Å². The third-order valence-corrected chi connectivity index (χ3v) is 2.83. The summed E-state index contributed by atoms with van der Waals surface area (Å²) < 4.78 is 10.3. The zero-order valence-corrected chi connectivity index (χ0v) is 9.21. The van der Waals surface area contributed by atoms with Crippen molar-refractivity contribution in [2.45, 2.75) is 18.6 Å². The van der Waals surface area contributed by atoms with Crippen LogP contribution >= 0.6 is 0 Å². The summed E-state index contributed by atoms with van der Waals surface area (Å²) in [6, 6.07) is 3.30. The highest BCUT2D eigenvalue weighted by molar-refractivity contribution is 5.75. The Morgan fingerprint density at radius 1 is 1.47 bits per heavy atom. The van der Waals surface area contributed by atoms with Gasteiger partial charge in [-0.15, -0.1) is 0 Å². The number of hydrogen-bond acceptors (Lipinski definition) is 5. The molecule has 4 N–H and O–H groups in total. The SMILES string of the molecule is C[C@](O)(c1ccc2c(c1)OCO2)[C@H](N)C(=O)O. The number of carboxylic acids is 1. The molecule has 17 heavy (non-hydrogen) atoms. The van der Waals surface area contributed by atoms with Gasteiger partial charge >= 0.3 is 5.97 Å². The molecule has 92 valence electrons. The van der Waals surface area contributed by atoms with Gasteiger partial charge in [0.1, 0.15) is 11.6 Å². The first kappa shape index (κ1) is 11.7. The molecule has 2 atom stereocenters. The summed E-state index contributed by atoms with van der Waals surface area (Å²) >= 11 is 0. The normalized spacial score (nSPS) is 18.5. The number of rotatable bonds is 3. The van der Waals surface area contributed by atoms with Crippen molar-refractivity contribution in [3.05, 3.63) is 23.8 Å². The molecule has 1 heterocycles. The lowest BCUT2D eigenvalue weighted by atomic mass is 9.88. The summed E-state index contributed by atoms with van der Waals surface area (Å²) in [5, 5.41) is 19.0. The zero-order valence-electron chi connectivity index (χ0n) is 9.21. The van der Waals surface area contributed by atoms with E-state index in [1.165, 1.54) is 13.0 Å². The molecule has 0 unspecified atom stereocenters. The molecule has 6 nitrogen and oxygen atoms in total. The number of carboxylic acid groups (broad SMARTS) is 1. The Bertz CT molecular complexity index is 457. The molecule has 0 spiro atoms. The van der Waals surface area contributed by atoms with Gasteiger partial charge in [-0.25, -0.2) is 0 Å². The second-order valence-corrected chi connectivity index (χ2v) is 4.03. The van der Waals surface area contributed by atoms with E-state index in [1.54, 1.807) is 12.1 Å². The monoisotopic (exact) mass is 239 g/mol. The van der Waals surface area contributed by atoms with Crippen LogP contribution in [0.3, 0.4) is 0 Å². The minimum Gasteiger partial charge on any atom is -0.480 e. The predicted octanol–water partition coefficient (Wildman–Crippen LogP) is 0.0347. The molecule has 0 bridgehead atoms. The summed E-state index contributed by atoms with van der Waals surface area (Å²) in [5.41, 5.74) is 4.15. The van der Waals surface area contributed by atoms with E-state index in [1.807, 2.05) is 0 Å². The number of aliphatic carboxylic acids is 1. The summed E-state index contributed by atoms with van der Waals surface area (Å²) in [6.45, 7) is 1.47. The second kappa shape index (κ2) is 3.90. The maximum Gasteiger partial charge on any atom is 0.323 e. The first-order chi connectivity index (χ1) is 7.93. The molecule has 0 aromatic heterocycles. The van der Waals surface area contributed by atoms with E-state index in [0.717, 1.165) is 0 Å². The standard InChI is InChI=1S/C11H13NO5/c1-11(15,9(12)10(13)14)6-2-3-7-8(4-6)17-5-16-7/h2-4,9,15H,5,12H2,1H3,(H,13,14)/t9-,11+/m1/s1. The summed E-state index contributed by atoms with van der Waals surface area (Å²) in [6.07, 6.45) is 0. The van der Waals surface area contributed by atoms with E-state index in [9.17, 15) is 9.90 Å². The van der Waals surface area contributed by atoms with Crippen LogP contribution in [0.25, 0.3) is 0 Å². The first-order valence-corrected chi connectivity index (χ1v) is 5.04. The zero-order chi connectivity index (χ0) is 12.6. The Morgan fingerprint density at radius 2 is 2.12 bits per heavy atom. The smallest absolute Gasteiger partial charge is 0.323 e. The highest BCUT2D eigenvalue weighted by Crippen LogP contribution is 2.36. The molecular weight excluding hydrogens is 226 g/mol. The van der Waals surface area contributed by atoms with Crippen molar-refractivity contribution in [1.29, 1.82) is 0 Å². The van der Waals surface area contributed by atoms with Gasteiger partial charge < -0.3 is 25.4 Å². The van der Waals surface area contributed by atoms with E-state index in [0.29, 0.717) is 17.1 Å². The quantitative estimate of drug-likeness (QED) is 0.688. The van der Waals surface area contributed by atoms with Crippen molar-refractivity contribution in [2.75, 3.05) is 6.79 Å². The Labute approximate surface area is 97.6 Å². The minimum absolute atomic E-state index is 0.117. The third kappa shape index (κ3) is 1.92. The number of hydrogen-bond donors (Lipinski definition) is 3. The van der Waals surface area contributed by atoms with Crippen LogP contribution in [0.1, 0.15) is 12.5 Å². The molecule has 1 aliphatic rings. The number of ether oxygens (including phenoxy) is 2. The Morgan fingerprint density at radius 3 is 2.76 bits per heavy atom. The maximum absolute atomic E-state index is 10.8. The number of nitrogens with two attached hydrogens (primary N) is 1. The van der Waals surface area contributed by atoms with E-state index in [2.05, 4.69) is 0 Å². The van der Waals surface area contributed by atoms with E-state index < -0.39 is 17.6 Å². The summed E-state index contributed by atoms with van der Waals surface area (Å²) in [7, 11) is 0. The van der Waals surface area contributed by atoms with Crippen LogP contribution in [-0.2, 0) is 10.4 Å². The molecule has 1 aliphatic heterocycles. The fraction of sp³-hybridized carbons (Fsp3) is 0.364. The predicted molar refractivity (Wildman–Crippen MR) is 57.7 cm³/mol. The number of fused-ring (bicyclic) bond motifs is 1. The molecule has 0 fully saturated rings. The van der Waals surface area contributed by atoms with Crippen molar-refractivity contribution < 1.29 is 24.5 Å². The van der Waals surface area contributed by atoms with Crippen LogP contribution in [0.2, 0.25) is 0 Å². The fourth-order valence-corrected chi connectivity index (χ4v) is 1.63. The van der Waals surface area contributed by atoms with Gasteiger partial charge in [-0.3, -0.25) is 4.79 Å². The molecule has 0 amide bonds. The fourth-order valence-electron chi connectivity index (χ4n) is 1.63. The highest BCUT2D eigenvalue weighted by atomic mass is 16.7. The largest absolute Gasteiger partial charge is 0.480 e. The maximum atomic E-state index is 10.8. The molecule has 0 saturated carbocycles. The average molecular weight is 239 g/mol. The lowest BCUT2D eigenvalue weighted by Crippen LogP contribution is -2.48. The molecule has 1 aromatic rings. The molecule has 0 aliphatic carbocycles. The van der Waals surface area contributed by atoms with Gasteiger partial charge in [0.2, 0.25) is 6.79 Å². The van der Waals surface area contributed by atoms with Crippen molar-refractivity contribution in [3.63, 3.8) is 0 Å². The Balaban J connectivity index is 2.36. The van der Waals surface area contributed by atoms with Gasteiger partial charge in [0, 0.05) is 0 Å². The van der Waals surface area contributed by atoms with Crippen LogP contribution in [0.15, 0.2) is 18.2 Å². The molecular formula is C11H13NO5. The van der Waals surface area contributed by atoms with Crippen molar-refractivity contribution >= 4 is 5.97 Å². The summed E-state index contributed by atoms with van der Waals surface area (Å²) in [5.74, 6) is -0.235. The molecule has 1 aromatic carbocycles. The Hall–Kier alpha value is -1.79. The van der Waals surface area contributed by atoms with Crippen LogP contribution in [0.5, 0.6) is 11.5 Å². The van der Waals surface area contributed by atoms with Gasteiger partial charge in [0.15, 0.2) is 11.5 Å². The Kier molecular flexibility index (Phi) is 2.68. The molecule has 2 rings (SSSR count). The second-order valence-electron chi connectivity index (χ2n) is 4.03. The van der Waals surface area contributed by atoms with Crippen LogP contribution in [0, 0.1) is 0 Å². The number of benzene rings is 1.